The molecule has 1 N–H and O–H groups in total. The van der Waals surface area contributed by atoms with Crippen LogP contribution in [0.1, 0.15) is 12.5 Å². The fraction of sp³-hybridized carbons (Fsp3) is 0.0769. The van der Waals surface area contributed by atoms with Crippen LogP contribution in [0.3, 0.4) is 0 Å². The Morgan fingerprint density at radius 1 is 1.33 bits per heavy atom. The molecule has 0 spiro atoms. The highest BCUT2D eigenvalue weighted by Crippen LogP contribution is 2.37. The summed E-state index contributed by atoms with van der Waals surface area (Å²) in [7, 11) is 0. The molecule has 18 heavy (non-hydrogen) atoms. The van der Waals surface area contributed by atoms with Gasteiger partial charge in [0.1, 0.15) is 11.3 Å². The van der Waals surface area contributed by atoms with E-state index < -0.39 is 10.9 Å². The third-order valence-electron chi connectivity index (χ3n) is 2.40. The number of carbonyl (C=O) groups excluding carboxylic acids is 2. The summed E-state index contributed by atoms with van der Waals surface area (Å²) < 4.78 is 0. The molecule has 1 heterocycles. The van der Waals surface area contributed by atoms with E-state index in [0.29, 0.717) is 9.93 Å². The van der Waals surface area contributed by atoms with Gasteiger partial charge in [0.05, 0.1) is 4.91 Å². The Labute approximate surface area is 113 Å². The summed E-state index contributed by atoms with van der Waals surface area (Å²) in [6.07, 6.45) is 1.64. The van der Waals surface area contributed by atoms with Gasteiger partial charge < -0.3 is 5.11 Å². The molecule has 0 unspecified atom stereocenters. The average Bonchev–Trinajstić information content (AvgIpc) is 2.57. The van der Waals surface area contributed by atoms with Crippen molar-refractivity contribution in [1.29, 1.82) is 0 Å². The highest BCUT2D eigenvalue weighted by molar-refractivity contribution is 8.18. The summed E-state index contributed by atoms with van der Waals surface area (Å²) in [5.41, 5.74) is 0.659. The number of Topliss-reactive ketones (excluding diaryl/α,β-unsaturated/α-hetero) is 1. The molecule has 1 aromatic carbocycles. The van der Waals surface area contributed by atoms with E-state index >= 15 is 0 Å². The molecular formula is C13H9ClO3S. The van der Waals surface area contributed by atoms with E-state index in [1.54, 1.807) is 30.3 Å². The highest BCUT2D eigenvalue weighted by atomic mass is 35.5. The number of hydrogen-bond acceptors (Lipinski definition) is 4. The first-order valence-electron chi connectivity index (χ1n) is 5.13. The molecule has 0 bridgehead atoms. The van der Waals surface area contributed by atoms with Gasteiger partial charge in [-0.1, -0.05) is 23.7 Å². The lowest BCUT2D eigenvalue weighted by atomic mass is 10.1. The number of carbonyl (C=O) groups is 2. The van der Waals surface area contributed by atoms with Gasteiger partial charge in [-0.05, 0) is 42.5 Å². The first kappa shape index (κ1) is 12.9. The SMILES string of the molecule is CC(=O)C1=C(O)/C(=C/c2ccc(Cl)cc2)SC1=O. The second kappa shape index (κ2) is 5.00. The van der Waals surface area contributed by atoms with Crippen LogP contribution in [0.2, 0.25) is 5.02 Å². The molecule has 0 radical (unpaired) electrons. The summed E-state index contributed by atoms with van der Waals surface area (Å²) in [4.78, 5) is 23.1. The van der Waals surface area contributed by atoms with Crippen LogP contribution in [0.5, 0.6) is 0 Å². The minimum Gasteiger partial charge on any atom is -0.506 e. The zero-order valence-corrected chi connectivity index (χ0v) is 11.0. The third-order valence-corrected chi connectivity index (χ3v) is 3.57. The Balaban J connectivity index is 2.39. The van der Waals surface area contributed by atoms with Gasteiger partial charge in [0, 0.05) is 5.02 Å². The van der Waals surface area contributed by atoms with Gasteiger partial charge in [0.2, 0.25) is 5.12 Å². The minimum absolute atomic E-state index is 0.139. The minimum atomic E-state index is -0.426. The van der Waals surface area contributed by atoms with Crippen LogP contribution < -0.4 is 0 Å². The summed E-state index contributed by atoms with van der Waals surface area (Å²) in [5.74, 6) is -0.669. The summed E-state index contributed by atoms with van der Waals surface area (Å²) >= 11 is 6.61. The zero-order chi connectivity index (χ0) is 13.3. The van der Waals surface area contributed by atoms with Crippen LogP contribution in [0.15, 0.2) is 40.5 Å². The molecule has 92 valence electrons. The lowest BCUT2D eigenvalue weighted by Gasteiger charge is -1.98. The third kappa shape index (κ3) is 2.49. The summed E-state index contributed by atoms with van der Waals surface area (Å²) in [6, 6.07) is 6.95. The van der Waals surface area contributed by atoms with E-state index in [9.17, 15) is 14.7 Å². The molecule has 0 fully saturated rings. The molecule has 0 saturated heterocycles. The Morgan fingerprint density at radius 3 is 2.44 bits per heavy atom. The van der Waals surface area contributed by atoms with Gasteiger partial charge in [-0.15, -0.1) is 0 Å². The van der Waals surface area contributed by atoms with E-state index in [1.165, 1.54) is 6.92 Å². The number of aliphatic hydroxyl groups is 1. The molecule has 0 aromatic heterocycles. The van der Waals surface area contributed by atoms with Crippen molar-refractivity contribution in [2.45, 2.75) is 6.92 Å². The molecule has 0 saturated carbocycles. The van der Waals surface area contributed by atoms with Crippen molar-refractivity contribution < 1.29 is 14.7 Å². The predicted molar refractivity (Wildman–Crippen MR) is 72.4 cm³/mol. The molecule has 1 aliphatic heterocycles. The van der Waals surface area contributed by atoms with Gasteiger partial charge in [0.25, 0.3) is 0 Å². The Bertz CT molecular complexity index is 585. The zero-order valence-electron chi connectivity index (χ0n) is 9.44. The lowest BCUT2D eigenvalue weighted by Crippen LogP contribution is -2.03. The standard InChI is InChI=1S/C13H9ClO3S/c1-7(15)11-12(16)10(18-13(11)17)6-8-2-4-9(14)5-3-8/h2-6,16H,1H3/b10-6-. The maximum atomic E-state index is 11.5. The van der Waals surface area contributed by atoms with Crippen molar-refractivity contribution in [2.75, 3.05) is 0 Å². The smallest absolute Gasteiger partial charge is 0.231 e. The van der Waals surface area contributed by atoms with E-state index in [4.69, 9.17) is 11.6 Å². The van der Waals surface area contributed by atoms with Crippen molar-refractivity contribution in [3.63, 3.8) is 0 Å². The normalized spacial score (nSPS) is 17.7. The van der Waals surface area contributed by atoms with Gasteiger partial charge in [0.15, 0.2) is 5.78 Å². The van der Waals surface area contributed by atoms with E-state index in [2.05, 4.69) is 0 Å². The van der Waals surface area contributed by atoms with Crippen molar-refractivity contribution in [3.8, 4) is 0 Å². The van der Waals surface area contributed by atoms with Crippen LogP contribution in [0.25, 0.3) is 6.08 Å². The average molecular weight is 281 g/mol. The molecule has 0 amide bonds. The number of thioether (sulfide) groups is 1. The molecule has 3 nitrogen and oxygen atoms in total. The monoisotopic (exact) mass is 280 g/mol. The van der Waals surface area contributed by atoms with Crippen molar-refractivity contribution in [3.05, 3.63) is 51.1 Å². The lowest BCUT2D eigenvalue weighted by molar-refractivity contribution is -0.116. The number of halogens is 1. The fourth-order valence-electron chi connectivity index (χ4n) is 1.54. The predicted octanol–water partition coefficient (Wildman–Crippen LogP) is 3.36. The van der Waals surface area contributed by atoms with Crippen LogP contribution in [0.4, 0.5) is 0 Å². The number of hydrogen-bond donors (Lipinski definition) is 1. The topological polar surface area (TPSA) is 54.4 Å². The summed E-state index contributed by atoms with van der Waals surface area (Å²) in [6.45, 7) is 1.26. The largest absolute Gasteiger partial charge is 0.506 e. The highest BCUT2D eigenvalue weighted by Gasteiger charge is 2.31. The van der Waals surface area contributed by atoms with Gasteiger partial charge in [-0.3, -0.25) is 9.59 Å². The van der Waals surface area contributed by atoms with Crippen LogP contribution >= 0.6 is 23.4 Å². The fourth-order valence-corrected chi connectivity index (χ4v) is 2.60. The molecule has 1 aliphatic rings. The maximum absolute atomic E-state index is 11.5. The Hall–Kier alpha value is -1.52. The Morgan fingerprint density at radius 2 is 1.94 bits per heavy atom. The molecular weight excluding hydrogens is 272 g/mol. The number of rotatable bonds is 2. The second-order valence-electron chi connectivity index (χ2n) is 3.73. The van der Waals surface area contributed by atoms with Crippen molar-refractivity contribution >= 4 is 40.3 Å². The van der Waals surface area contributed by atoms with Gasteiger partial charge in [-0.2, -0.15) is 0 Å². The molecule has 2 rings (SSSR count). The second-order valence-corrected chi connectivity index (χ2v) is 5.18. The molecule has 0 atom stereocenters. The quantitative estimate of drug-likeness (QED) is 0.844. The van der Waals surface area contributed by atoms with E-state index in [1.807, 2.05) is 0 Å². The molecule has 5 heteroatoms. The molecule has 0 aliphatic carbocycles. The number of benzene rings is 1. The number of aliphatic hydroxyl groups excluding tert-OH is 1. The van der Waals surface area contributed by atoms with Crippen LogP contribution in [0, 0.1) is 0 Å². The van der Waals surface area contributed by atoms with E-state index in [0.717, 1.165) is 17.3 Å². The number of ketones is 1. The molecule has 1 aromatic rings. The van der Waals surface area contributed by atoms with Crippen LogP contribution in [-0.2, 0) is 9.59 Å². The van der Waals surface area contributed by atoms with Gasteiger partial charge >= 0.3 is 0 Å². The first-order valence-corrected chi connectivity index (χ1v) is 6.32. The van der Waals surface area contributed by atoms with Gasteiger partial charge in [-0.25, -0.2) is 0 Å². The van der Waals surface area contributed by atoms with E-state index in [-0.39, 0.29) is 11.3 Å². The maximum Gasteiger partial charge on any atom is 0.231 e. The first-order chi connectivity index (χ1) is 8.49. The van der Waals surface area contributed by atoms with Crippen LogP contribution in [-0.4, -0.2) is 16.0 Å². The van der Waals surface area contributed by atoms with Crippen molar-refractivity contribution in [2.24, 2.45) is 0 Å². The Kier molecular flexibility index (Phi) is 3.59. The summed E-state index contributed by atoms with van der Waals surface area (Å²) in [5, 5.41) is 10.0. The van der Waals surface area contributed by atoms with Crippen molar-refractivity contribution in [1.82, 2.24) is 0 Å².